The van der Waals surface area contributed by atoms with Crippen LogP contribution < -0.4 is 10.1 Å². The number of benzene rings is 1. The molecule has 1 aliphatic carbocycles. The van der Waals surface area contributed by atoms with Crippen LogP contribution in [0.4, 0.5) is 0 Å². The second kappa shape index (κ2) is 8.50. The molecule has 0 aliphatic heterocycles. The number of alkyl halides is 1. The van der Waals surface area contributed by atoms with Crippen molar-refractivity contribution in [2.24, 2.45) is 11.8 Å². The predicted molar refractivity (Wildman–Crippen MR) is 86.1 cm³/mol. The van der Waals surface area contributed by atoms with Gasteiger partial charge in [-0.25, -0.2) is 0 Å². The number of rotatable bonds is 6. The first-order valence-corrected chi connectivity index (χ1v) is 8.31. The Kier molecular flexibility index (Phi) is 6.65. The largest absolute Gasteiger partial charge is 0.484 e. The van der Waals surface area contributed by atoms with Crippen molar-refractivity contribution < 1.29 is 9.53 Å². The molecular weight excluding hydrogens is 309 g/mol. The first-order valence-electron chi connectivity index (χ1n) is 7.40. The molecule has 116 valence electrons. The Balaban J connectivity index is 1.72. The molecule has 1 saturated carbocycles. The quantitative estimate of drug-likeness (QED) is 0.804. The lowest BCUT2D eigenvalue weighted by Gasteiger charge is -2.30. The van der Waals surface area contributed by atoms with Crippen LogP contribution in [0.2, 0.25) is 5.02 Å². The molecule has 1 aromatic rings. The minimum Gasteiger partial charge on any atom is -0.484 e. The summed E-state index contributed by atoms with van der Waals surface area (Å²) in [7, 11) is 0. The standard InChI is InChI=1S/C16H21Cl2NO2/c17-9-12-4-1-2-5-13(12)10-19-16(20)11-21-15-7-3-6-14(18)8-15/h3,6-8,12-13H,1-2,4-5,9-11H2,(H,19,20). The highest BCUT2D eigenvalue weighted by Crippen LogP contribution is 2.30. The molecular formula is C16H21Cl2NO2. The Hall–Kier alpha value is -0.930. The molecule has 0 saturated heterocycles. The number of carbonyl (C=O) groups excluding carboxylic acids is 1. The summed E-state index contributed by atoms with van der Waals surface area (Å²) < 4.78 is 5.42. The summed E-state index contributed by atoms with van der Waals surface area (Å²) in [4.78, 5) is 11.8. The third-order valence-corrected chi connectivity index (χ3v) is 4.62. The lowest BCUT2D eigenvalue weighted by Crippen LogP contribution is -2.37. The molecule has 2 atom stereocenters. The van der Waals surface area contributed by atoms with E-state index in [1.165, 1.54) is 19.3 Å². The van der Waals surface area contributed by atoms with E-state index >= 15 is 0 Å². The van der Waals surface area contributed by atoms with Gasteiger partial charge in [0, 0.05) is 17.4 Å². The number of amides is 1. The van der Waals surface area contributed by atoms with E-state index in [2.05, 4.69) is 5.32 Å². The molecule has 1 fully saturated rings. The second-order valence-corrected chi connectivity index (χ2v) is 6.25. The number of nitrogens with one attached hydrogen (secondary N) is 1. The minimum absolute atomic E-state index is 0.0125. The number of ether oxygens (including phenoxy) is 1. The summed E-state index contributed by atoms with van der Waals surface area (Å²) in [6.45, 7) is 0.702. The minimum atomic E-state index is -0.103. The first kappa shape index (κ1) is 16.4. The van der Waals surface area contributed by atoms with Gasteiger partial charge < -0.3 is 10.1 Å². The Labute approximate surface area is 136 Å². The first-order chi connectivity index (χ1) is 10.2. The molecule has 0 aromatic heterocycles. The van der Waals surface area contributed by atoms with E-state index in [-0.39, 0.29) is 12.5 Å². The Morgan fingerprint density at radius 1 is 1.29 bits per heavy atom. The summed E-state index contributed by atoms with van der Waals surface area (Å²) in [6, 6.07) is 7.04. The maximum Gasteiger partial charge on any atom is 0.257 e. The summed E-state index contributed by atoms with van der Waals surface area (Å²) >= 11 is 11.9. The van der Waals surface area contributed by atoms with Crippen LogP contribution in [0.3, 0.4) is 0 Å². The van der Waals surface area contributed by atoms with Crippen LogP contribution in [0.1, 0.15) is 25.7 Å². The van der Waals surface area contributed by atoms with Crippen LogP contribution in [-0.4, -0.2) is 24.9 Å². The maximum atomic E-state index is 11.8. The van der Waals surface area contributed by atoms with Crippen LogP contribution >= 0.6 is 23.2 Å². The number of hydrogen-bond acceptors (Lipinski definition) is 2. The normalized spacial score (nSPS) is 21.8. The SMILES string of the molecule is O=C(COc1cccc(Cl)c1)NCC1CCCCC1CCl. The van der Waals surface area contributed by atoms with E-state index in [0.29, 0.717) is 35.0 Å². The summed E-state index contributed by atoms with van der Waals surface area (Å²) in [5, 5.41) is 3.54. The van der Waals surface area contributed by atoms with E-state index < -0.39 is 0 Å². The van der Waals surface area contributed by atoms with Gasteiger partial charge in [0.05, 0.1) is 0 Å². The van der Waals surface area contributed by atoms with Gasteiger partial charge in [-0.2, -0.15) is 0 Å². The van der Waals surface area contributed by atoms with Gasteiger partial charge in [-0.3, -0.25) is 4.79 Å². The molecule has 0 bridgehead atoms. The molecule has 1 aliphatic rings. The topological polar surface area (TPSA) is 38.3 Å². The predicted octanol–water partition coefficient (Wildman–Crippen LogP) is 3.88. The highest BCUT2D eigenvalue weighted by molar-refractivity contribution is 6.30. The van der Waals surface area contributed by atoms with Crippen LogP contribution in [0.25, 0.3) is 0 Å². The zero-order chi connectivity index (χ0) is 15.1. The smallest absolute Gasteiger partial charge is 0.257 e. The molecule has 0 spiro atoms. The lowest BCUT2D eigenvalue weighted by atomic mass is 9.80. The molecule has 0 radical (unpaired) electrons. The highest BCUT2D eigenvalue weighted by Gasteiger charge is 2.24. The van der Waals surface area contributed by atoms with Gasteiger partial charge in [-0.15, -0.1) is 11.6 Å². The van der Waals surface area contributed by atoms with E-state index in [4.69, 9.17) is 27.9 Å². The molecule has 1 aromatic carbocycles. The van der Waals surface area contributed by atoms with Crippen LogP contribution in [0.5, 0.6) is 5.75 Å². The third-order valence-electron chi connectivity index (χ3n) is 3.99. The summed E-state index contributed by atoms with van der Waals surface area (Å²) in [6.07, 6.45) is 4.79. The van der Waals surface area contributed by atoms with Crippen molar-refractivity contribution in [1.29, 1.82) is 0 Å². The highest BCUT2D eigenvalue weighted by atomic mass is 35.5. The Bertz CT molecular complexity index is 467. The van der Waals surface area contributed by atoms with Crippen LogP contribution in [-0.2, 0) is 4.79 Å². The Morgan fingerprint density at radius 3 is 2.76 bits per heavy atom. The van der Waals surface area contributed by atoms with Crippen LogP contribution in [0, 0.1) is 11.8 Å². The monoisotopic (exact) mass is 329 g/mol. The molecule has 1 amide bonds. The van der Waals surface area contributed by atoms with E-state index in [1.807, 2.05) is 0 Å². The molecule has 21 heavy (non-hydrogen) atoms. The molecule has 3 nitrogen and oxygen atoms in total. The van der Waals surface area contributed by atoms with Gasteiger partial charge >= 0.3 is 0 Å². The van der Waals surface area contributed by atoms with Crippen LogP contribution in [0.15, 0.2) is 24.3 Å². The zero-order valence-corrected chi connectivity index (χ0v) is 13.5. The molecule has 0 heterocycles. The van der Waals surface area contributed by atoms with Gasteiger partial charge in [0.2, 0.25) is 0 Å². The molecule has 2 rings (SSSR count). The fraction of sp³-hybridized carbons (Fsp3) is 0.562. The van der Waals surface area contributed by atoms with Gasteiger partial charge in [0.15, 0.2) is 6.61 Å². The number of hydrogen-bond donors (Lipinski definition) is 1. The van der Waals surface area contributed by atoms with E-state index in [1.54, 1.807) is 24.3 Å². The van der Waals surface area contributed by atoms with Gasteiger partial charge in [0.1, 0.15) is 5.75 Å². The lowest BCUT2D eigenvalue weighted by molar-refractivity contribution is -0.123. The van der Waals surface area contributed by atoms with Gasteiger partial charge in [-0.1, -0.05) is 30.5 Å². The number of halogens is 2. The van der Waals surface area contributed by atoms with Crippen molar-refractivity contribution in [2.45, 2.75) is 25.7 Å². The van der Waals surface area contributed by atoms with Gasteiger partial charge in [0.25, 0.3) is 5.91 Å². The third kappa shape index (κ3) is 5.40. The van der Waals surface area contributed by atoms with Crippen molar-refractivity contribution in [3.63, 3.8) is 0 Å². The van der Waals surface area contributed by atoms with E-state index in [9.17, 15) is 4.79 Å². The maximum absolute atomic E-state index is 11.8. The van der Waals surface area contributed by atoms with Crippen molar-refractivity contribution in [2.75, 3.05) is 19.0 Å². The van der Waals surface area contributed by atoms with Crippen molar-refractivity contribution in [3.8, 4) is 5.75 Å². The summed E-state index contributed by atoms with van der Waals surface area (Å²) in [5.41, 5.74) is 0. The molecule has 5 heteroatoms. The Morgan fingerprint density at radius 2 is 2.05 bits per heavy atom. The summed E-state index contributed by atoms with van der Waals surface area (Å²) in [5.74, 6) is 2.20. The van der Waals surface area contributed by atoms with Crippen molar-refractivity contribution in [1.82, 2.24) is 5.32 Å². The second-order valence-electron chi connectivity index (χ2n) is 5.51. The molecule has 2 unspecified atom stereocenters. The number of carbonyl (C=O) groups is 1. The molecule has 1 N–H and O–H groups in total. The average Bonchev–Trinajstić information content (AvgIpc) is 2.51. The van der Waals surface area contributed by atoms with Crippen molar-refractivity contribution >= 4 is 29.1 Å². The fourth-order valence-electron chi connectivity index (χ4n) is 2.76. The average molecular weight is 330 g/mol. The van der Waals surface area contributed by atoms with Gasteiger partial charge in [-0.05, 0) is 42.9 Å². The van der Waals surface area contributed by atoms with E-state index in [0.717, 1.165) is 6.42 Å². The van der Waals surface area contributed by atoms with Crippen molar-refractivity contribution in [3.05, 3.63) is 29.3 Å². The zero-order valence-electron chi connectivity index (χ0n) is 12.0. The fourth-order valence-corrected chi connectivity index (χ4v) is 3.34.